The molecule has 0 radical (unpaired) electrons. The minimum Gasteiger partial charge on any atom is -0.392 e. The number of hydrogen-bond acceptors (Lipinski definition) is 7. The van der Waals surface area contributed by atoms with E-state index >= 15 is 0 Å². The first-order valence-corrected chi connectivity index (χ1v) is 16.0. The first kappa shape index (κ1) is 30.0. The number of rotatable bonds is 7. The zero-order chi connectivity index (χ0) is 31.2. The summed E-state index contributed by atoms with van der Waals surface area (Å²) < 4.78 is 13.3. The lowest BCUT2D eigenvalue weighted by molar-refractivity contribution is -0.253. The van der Waals surface area contributed by atoms with Crippen molar-refractivity contribution in [3.63, 3.8) is 0 Å². The van der Waals surface area contributed by atoms with Gasteiger partial charge in [-0.1, -0.05) is 69.3 Å². The van der Waals surface area contributed by atoms with Crippen LogP contribution in [0.5, 0.6) is 0 Å². The van der Waals surface area contributed by atoms with Crippen molar-refractivity contribution < 1.29 is 19.4 Å². The molecule has 3 fully saturated rings. The molecule has 7 rings (SSSR count). The summed E-state index contributed by atoms with van der Waals surface area (Å²) in [5, 5.41) is 12.5. The van der Waals surface area contributed by atoms with Crippen LogP contribution >= 0.6 is 0 Å². The van der Waals surface area contributed by atoms with E-state index in [-0.39, 0.29) is 30.4 Å². The van der Waals surface area contributed by atoms with Crippen molar-refractivity contribution in [3.8, 4) is 0 Å². The third-order valence-corrected chi connectivity index (χ3v) is 9.70. The van der Waals surface area contributed by atoms with Crippen LogP contribution in [0.2, 0.25) is 0 Å². The van der Waals surface area contributed by atoms with Gasteiger partial charge in [-0.25, -0.2) is 4.98 Å². The zero-order valence-corrected chi connectivity index (χ0v) is 26.3. The number of likely N-dealkylation sites (tertiary alicyclic amines) is 1. The Labute approximate surface area is 264 Å². The van der Waals surface area contributed by atoms with Gasteiger partial charge in [0.15, 0.2) is 6.29 Å². The second-order valence-electron chi connectivity index (χ2n) is 14.3. The molecule has 234 valence electrons. The summed E-state index contributed by atoms with van der Waals surface area (Å²) in [7, 11) is 0. The number of ether oxygens (including phenoxy) is 2. The fraction of sp³-hybridized carbons (Fsp3) is 0.432. The molecule has 5 atom stereocenters. The zero-order valence-electron chi connectivity index (χ0n) is 26.3. The maximum atomic E-state index is 13.0. The SMILES string of the molecule is CC1(C)CC2CC(C)(CN2CC2CC(c3ccc(CO)cc3)OC(c3ccc(NC(=O)c4cnc5ccccc5n4)cc3)O2)C1. The van der Waals surface area contributed by atoms with E-state index in [1.165, 1.54) is 25.5 Å². The van der Waals surface area contributed by atoms with Gasteiger partial charge >= 0.3 is 0 Å². The van der Waals surface area contributed by atoms with Crippen LogP contribution in [0.1, 0.15) is 86.0 Å². The van der Waals surface area contributed by atoms with Gasteiger partial charge < -0.3 is 19.9 Å². The van der Waals surface area contributed by atoms with E-state index in [1.807, 2.05) is 60.7 Å². The Kier molecular flexibility index (Phi) is 7.94. The van der Waals surface area contributed by atoms with Gasteiger partial charge in [-0.15, -0.1) is 0 Å². The molecule has 1 amide bonds. The largest absolute Gasteiger partial charge is 0.392 e. The Bertz CT molecular complexity index is 1670. The number of aliphatic hydroxyl groups is 1. The lowest BCUT2D eigenvalue weighted by Crippen LogP contribution is -2.42. The van der Waals surface area contributed by atoms with E-state index in [4.69, 9.17) is 9.47 Å². The molecule has 2 aliphatic heterocycles. The standard InChI is InChI=1S/C37H42N4O4/c1-36(2)17-28-18-37(3,22-36)23-41(28)20-29-16-33(25-10-8-24(21-42)9-11-25)45-35(44-29)26-12-14-27(15-13-26)39-34(43)32-19-38-30-6-4-5-7-31(30)40-32/h4-15,19,28-29,33,35,42H,16-18,20-23H2,1-3H3,(H,39,43). The highest BCUT2D eigenvalue weighted by molar-refractivity contribution is 6.03. The van der Waals surface area contributed by atoms with Crippen LogP contribution < -0.4 is 5.32 Å². The van der Waals surface area contributed by atoms with E-state index < -0.39 is 6.29 Å². The highest BCUT2D eigenvalue weighted by Gasteiger charge is 2.50. The second kappa shape index (κ2) is 11.9. The maximum Gasteiger partial charge on any atom is 0.275 e. The Morgan fingerprint density at radius 2 is 1.69 bits per heavy atom. The van der Waals surface area contributed by atoms with Crippen molar-refractivity contribution >= 4 is 22.6 Å². The molecule has 3 heterocycles. The van der Waals surface area contributed by atoms with E-state index in [9.17, 15) is 9.90 Å². The summed E-state index contributed by atoms with van der Waals surface area (Å²) in [4.78, 5) is 24.4. The molecule has 5 unspecified atom stereocenters. The number of aliphatic hydroxyl groups excluding tert-OH is 1. The van der Waals surface area contributed by atoms with Crippen LogP contribution in [-0.2, 0) is 16.1 Å². The van der Waals surface area contributed by atoms with Crippen LogP contribution in [0.3, 0.4) is 0 Å². The van der Waals surface area contributed by atoms with E-state index in [2.05, 4.69) is 53.1 Å². The second-order valence-corrected chi connectivity index (χ2v) is 14.3. The van der Waals surface area contributed by atoms with Crippen LogP contribution in [-0.4, -0.2) is 51.1 Å². The van der Waals surface area contributed by atoms with Crippen LogP contribution in [0, 0.1) is 10.8 Å². The first-order chi connectivity index (χ1) is 21.6. The Balaban J connectivity index is 1.08. The van der Waals surface area contributed by atoms with Crippen molar-refractivity contribution in [2.24, 2.45) is 10.8 Å². The fourth-order valence-electron chi connectivity index (χ4n) is 8.07. The Hall–Kier alpha value is -3.69. The highest BCUT2D eigenvalue weighted by atomic mass is 16.7. The van der Waals surface area contributed by atoms with Gasteiger partial charge in [0.2, 0.25) is 0 Å². The average Bonchev–Trinajstić information content (AvgIpc) is 3.27. The Morgan fingerprint density at radius 1 is 0.956 bits per heavy atom. The van der Waals surface area contributed by atoms with E-state index in [0.29, 0.717) is 28.1 Å². The highest BCUT2D eigenvalue weighted by Crippen LogP contribution is 2.53. The molecule has 1 saturated carbocycles. The third kappa shape index (κ3) is 6.51. The van der Waals surface area contributed by atoms with Crippen molar-refractivity contribution in [1.82, 2.24) is 14.9 Å². The topological polar surface area (TPSA) is 96.8 Å². The monoisotopic (exact) mass is 606 g/mol. The molecular formula is C37H42N4O4. The molecule has 45 heavy (non-hydrogen) atoms. The van der Waals surface area contributed by atoms with Gasteiger partial charge in [0.1, 0.15) is 5.69 Å². The lowest BCUT2D eigenvalue weighted by atomic mass is 9.65. The molecular weight excluding hydrogens is 564 g/mol. The smallest absolute Gasteiger partial charge is 0.275 e. The summed E-state index contributed by atoms with van der Waals surface area (Å²) >= 11 is 0. The molecule has 2 bridgehead atoms. The molecule has 8 heteroatoms. The van der Waals surface area contributed by atoms with E-state index in [0.717, 1.165) is 41.7 Å². The quantitative estimate of drug-likeness (QED) is 0.238. The van der Waals surface area contributed by atoms with Crippen LogP contribution in [0.25, 0.3) is 11.0 Å². The van der Waals surface area contributed by atoms with Crippen molar-refractivity contribution in [2.45, 2.75) is 77.6 Å². The number of benzene rings is 3. The molecule has 4 aromatic rings. The van der Waals surface area contributed by atoms with Gasteiger partial charge in [-0.05, 0) is 65.5 Å². The van der Waals surface area contributed by atoms with Gasteiger partial charge in [-0.2, -0.15) is 0 Å². The van der Waals surface area contributed by atoms with Gasteiger partial charge in [0.25, 0.3) is 5.91 Å². The number of fused-ring (bicyclic) bond motifs is 3. The van der Waals surface area contributed by atoms with Crippen molar-refractivity contribution in [2.75, 3.05) is 18.4 Å². The number of para-hydroxylation sites is 2. The van der Waals surface area contributed by atoms with Crippen molar-refractivity contribution in [3.05, 3.63) is 101 Å². The van der Waals surface area contributed by atoms with E-state index in [1.54, 1.807) is 0 Å². The van der Waals surface area contributed by atoms with Crippen LogP contribution in [0.15, 0.2) is 79.0 Å². The minimum atomic E-state index is -0.545. The van der Waals surface area contributed by atoms with Crippen LogP contribution in [0.4, 0.5) is 5.69 Å². The number of aromatic nitrogens is 2. The fourth-order valence-corrected chi connectivity index (χ4v) is 8.07. The summed E-state index contributed by atoms with van der Waals surface area (Å²) in [5.41, 5.74) is 5.92. The first-order valence-electron chi connectivity index (χ1n) is 16.0. The van der Waals surface area contributed by atoms with Gasteiger partial charge in [0.05, 0.1) is 36.0 Å². The molecule has 1 aliphatic carbocycles. The summed E-state index contributed by atoms with van der Waals surface area (Å²) in [6.07, 6.45) is 5.32. The lowest BCUT2D eigenvalue weighted by Gasteiger charge is -2.41. The molecule has 2 saturated heterocycles. The average molecular weight is 607 g/mol. The molecule has 3 aliphatic rings. The Morgan fingerprint density at radius 3 is 2.44 bits per heavy atom. The molecule has 3 aromatic carbocycles. The summed E-state index contributed by atoms with van der Waals surface area (Å²) in [5.74, 6) is -0.315. The number of anilines is 1. The predicted octanol–water partition coefficient (Wildman–Crippen LogP) is 6.82. The maximum absolute atomic E-state index is 13.0. The number of amides is 1. The summed E-state index contributed by atoms with van der Waals surface area (Å²) in [6, 6.07) is 23.7. The number of carbonyl (C=O) groups is 1. The van der Waals surface area contributed by atoms with Gasteiger partial charge in [-0.3, -0.25) is 14.7 Å². The number of carbonyl (C=O) groups excluding carboxylic acids is 1. The molecule has 0 spiro atoms. The number of hydrogen-bond donors (Lipinski definition) is 2. The van der Waals surface area contributed by atoms with Gasteiger partial charge in [0, 0.05) is 36.8 Å². The summed E-state index contributed by atoms with van der Waals surface area (Å²) in [6.45, 7) is 9.28. The predicted molar refractivity (Wildman–Crippen MR) is 173 cm³/mol. The normalized spacial score (nSPS) is 27.8. The molecule has 8 nitrogen and oxygen atoms in total. The number of nitrogens with zero attached hydrogens (tertiary/aromatic N) is 3. The van der Waals surface area contributed by atoms with Crippen molar-refractivity contribution in [1.29, 1.82) is 0 Å². The minimum absolute atomic E-state index is 0.00295. The third-order valence-electron chi connectivity index (χ3n) is 9.70. The molecule has 1 aromatic heterocycles. The number of nitrogens with one attached hydrogen (secondary N) is 1. The molecule has 2 N–H and O–H groups in total.